The minimum absolute atomic E-state index is 0.0445. The minimum Gasteiger partial charge on any atom is -0.497 e. The zero-order valence-electron chi connectivity index (χ0n) is 22.7. The van der Waals surface area contributed by atoms with Gasteiger partial charge in [-0.3, -0.25) is 9.69 Å². The third-order valence-electron chi connectivity index (χ3n) is 6.96. The molecule has 2 aromatic carbocycles. The molecular weight excluding hydrogens is 482 g/mol. The van der Waals surface area contributed by atoms with Crippen molar-refractivity contribution in [2.75, 3.05) is 59.6 Å². The van der Waals surface area contributed by atoms with Crippen molar-refractivity contribution in [3.63, 3.8) is 0 Å². The van der Waals surface area contributed by atoms with Crippen LogP contribution in [0, 0.1) is 6.92 Å². The molecule has 0 spiro atoms. The van der Waals surface area contributed by atoms with E-state index in [0.29, 0.717) is 39.3 Å². The van der Waals surface area contributed by atoms with E-state index < -0.39 is 0 Å². The maximum atomic E-state index is 13.8. The van der Waals surface area contributed by atoms with Crippen LogP contribution in [0.1, 0.15) is 42.5 Å². The van der Waals surface area contributed by atoms with E-state index in [1.54, 1.807) is 17.0 Å². The summed E-state index contributed by atoms with van der Waals surface area (Å²) in [4.78, 5) is 30.7. The van der Waals surface area contributed by atoms with Crippen molar-refractivity contribution in [2.45, 2.75) is 32.7 Å². The number of amides is 3. The van der Waals surface area contributed by atoms with E-state index in [-0.39, 0.29) is 24.5 Å². The third kappa shape index (κ3) is 7.11. The molecule has 3 amide bonds. The van der Waals surface area contributed by atoms with Crippen LogP contribution in [0.5, 0.6) is 5.75 Å². The maximum absolute atomic E-state index is 13.8. The van der Waals surface area contributed by atoms with E-state index in [0.717, 1.165) is 47.7 Å². The Morgan fingerprint density at radius 1 is 1.16 bits per heavy atom. The minimum atomic E-state index is -0.246. The number of nitrogens with one attached hydrogen (secondary N) is 1. The molecule has 2 aliphatic heterocycles. The average Bonchev–Trinajstić information content (AvgIpc) is 3.40. The standard InChI is InChI=1S/C29H39N5O4/c1-4-12-30-29(36)33(14-13-32-15-17-38-18-16-32)21-28(35)34-27(23-10-8-22(2)9-11-23)20-26(31-34)24-6-5-7-25(19-24)37-3/h5-11,19,27H,4,12-18,20-21H2,1-3H3,(H,30,36)/t27-/m0/s1. The largest absolute Gasteiger partial charge is 0.497 e. The van der Waals surface area contributed by atoms with Crippen LogP contribution < -0.4 is 10.1 Å². The average molecular weight is 522 g/mol. The molecule has 0 unspecified atom stereocenters. The molecule has 0 radical (unpaired) electrons. The van der Waals surface area contributed by atoms with Crippen LogP contribution in [-0.4, -0.2) is 92.1 Å². The fourth-order valence-electron chi connectivity index (χ4n) is 4.68. The molecule has 0 bridgehead atoms. The molecule has 1 saturated heterocycles. The normalized spacial score (nSPS) is 17.7. The van der Waals surface area contributed by atoms with E-state index in [1.165, 1.54) is 0 Å². The molecule has 38 heavy (non-hydrogen) atoms. The Labute approximate surface area is 225 Å². The first-order valence-electron chi connectivity index (χ1n) is 13.4. The van der Waals surface area contributed by atoms with Gasteiger partial charge in [-0.1, -0.05) is 48.9 Å². The molecule has 1 atom stereocenters. The molecule has 1 fully saturated rings. The van der Waals surface area contributed by atoms with Gasteiger partial charge in [-0.15, -0.1) is 0 Å². The van der Waals surface area contributed by atoms with Crippen molar-refractivity contribution in [1.82, 2.24) is 20.1 Å². The van der Waals surface area contributed by atoms with Crippen LogP contribution in [0.4, 0.5) is 4.79 Å². The lowest BCUT2D eigenvalue weighted by Crippen LogP contribution is -2.49. The summed E-state index contributed by atoms with van der Waals surface area (Å²) in [5.41, 5.74) is 3.90. The number of nitrogens with zero attached hydrogens (tertiary/aromatic N) is 4. The molecule has 9 nitrogen and oxygen atoms in total. The van der Waals surface area contributed by atoms with Gasteiger partial charge in [0.1, 0.15) is 12.3 Å². The van der Waals surface area contributed by atoms with Crippen LogP contribution in [0.15, 0.2) is 53.6 Å². The van der Waals surface area contributed by atoms with Crippen molar-refractivity contribution in [2.24, 2.45) is 5.10 Å². The summed E-state index contributed by atoms with van der Waals surface area (Å²) in [7, 11) is 1.63. The first-order valence-corrected chi connectivity index (χ1v) is 13.4. The Kier molecular flexibility index (Phi) is 9.73. The van der Waals surface area contributed by atoms with Gasteiger partial charge in [-0.25, -0.2) is 9.80 Å². The number of hydrogen-bond acceptors (Lipinski definition) is 6. The predicted octanol–water partition coefficient (Wildman–Crippen LogP) is 3.44. The summed E-state index contributed by atoms with van der Waals surface area (Å²) < 4.78 is 10.8. The van der Waals surface area contributed by atoms with Gasteiger partial charge in [0.2, 0.25) is 0 Å². The number of ether oxygens (including phenoxy) is 2. The highest BCUT2D eigenvalue weighted by Crippen LogP contribution is 2.33. The second kappa shape index (κ2) is 13.4. The molecule has 9 heteroatoms. The topological polar surface area (TPSA) is 86.7 Å². The Bertz CT molecular complexity index is 1110. The molecule has 0 aromatic heterocycles. The molecule has 0 saturated carbocycles. The third-order valence-corrected chi connectivity index (χ3v) is 6.96. The van der Waals surface area contributed by atoms with Crippen LogP contribution in [0.25, 0.3) is 0 Å². The summed E-state index contributed by atoms with van der Waals surface area (Å²) in [5.74, 6) is 0.533. The Balaban J connectivity index is 1.56. The van der Waals surface area contributed by atoms with Gasteiger partial charge in [-0.2, -0.15) is 5.10 Å². The number of carbonyl (C=O) groups is 2. The van der Waals surface area contributed by atoms with Crippen molar-refractivity contribution in [3.05, 3.63) is 65.2 Å². The Morgan fingerprint density at radius 2 is 1.92 bits per heavy atom. The van der Waals surface area contributed by atoms with E-state index in [2.05, 4.69) is 22.3 Å². The molecule has 2 aliphatic rings. The molecule has 4 rings (SSSR count). The van der Waals surface area contributed by atoms with Gasteiger partial charge < -0.3 is 19.7 Å². The fourth-order valence-corrected chi connectivity index (χ4v) is 4.68. The van der Waals surface area contributed by atoms with Crippen LogP contribution >= 0.6 is 0 Å². The van der Waals surface area contributed by atoms with Gasteiger partial charge in [0.05, 0.1) is 32.1 Å². The molecular formula is C29H39N5O4. The summed E-state index contributed by atoms with van der Waals surface area (Å²) in [6, 6.07) is 15.5. The number of rotatable bonds is 10. The summed E-state index contributed by atoms with van der Waals surface area (Å²) >= 11 is 0. The first kappa shape index (κ1) is 27.6. The number of urea groups is 1. The van der Waals surface area contributed by atoms with Crippen molar-refractivity contribution in [3.8, 4) is 5.75 Å². The second-order valence-corrected chi connectivity index (χ2v) is 9.76. The highest BCUT2D eigenvalue weighted by Gasteiger charge is 2.34. The van der Waals surface area contributed by atoms with Gasteiger partial charge in [0, 0.05) is 44.7 Å². The highest BCUT2D eigenvalue weighted by atomic mass is 16.5. The zero-order chi connectivity index (χ0) is 26.9. The lowest BCUT2D eigenvalue weighted by atomic mass is 9.97. The van der Waals surface area contributed by atoms with Gasteiger partial charge in [-0.05, 0) is 31.0 Å². The van der Waals surface area contributed by atoms with Crippen molar-refractivity contribution < 1.29 is 19.1 Å². The van der Waals surface area contributed by atoms with Crippen molar-refractivity contribution >= 4 is 17.6 Å². The summed E-state index contributed by atoms with van der Waals surface area (Å²) in [6.45, 7) is 8.75. The van der Waals surface area contributed by atoms with Crippen LogP contribution in [0.2, 0.25) is 0 Å². The summed E-state index contributed by atoms with van der Waals surface area (Å²) in [6.07, 6.45) is 1.41. The number of methoxy groups -OCH3 is 1. The smallest absolute Gasteiger partial charge is 0.317 e. The SMILES string of the molecule is CCCNC(=O)N(CCN1CCOCC1)CC(=O)N1N=C(c2cccc(OC)c2)C[C@H]1c1ccc(C)cc1. The zero-order valence-corrected chi connectivity index (χ0v) is 22.7. The lowest BCUT2D eigenvalue weighted by Gasteiger charge is -2.31. The van der Waals surface area contributed by atoms with Gasteiger partial charge in [0.25, 0.3) is 5.91 Å². The van der Waals surface area contributed by atoms with E-state index in [4.69, 9.17) is 14.6 Å². The number of carbonyl (C=O) groups excluding carboxylic acids is 2. The first-order chi connectivity index (χ1) is 18.5. The fraction of sp³-hybridized carbons (Fsp3) is 0.483. The molecule has 2 aromatic rings. The summed E-state index contributed by atoms with van der Waals surface area (Å²) in [5, 5.41) is 9.30. The van der Waals surface area contributed by atoms with Crippen molar-refractivity contribution in [1.29, 1.82) is 0 Å². The van der Waals surface area contributed by atoms with Gasteiger partial charge >= 0.3 is 6.03 Å². The van der Waals surface area contributed by atoms with Crippen LogP contribution in [-0.2, 0) is 9.53 Å². The highest BCUT2D eigenvalue weighted by molar-refractivity contribution is 6.03. The van der Waals surface area contributed by atoms with E-state index >= 15 is 0 Å². The molecule has 2 heterocycles. The number of aryl methyl sites for hydroxylation is 1. The maximum Gasteiger partial charge on any atom is 0.317 e. The monoisotopic (exact) mass is 521 g/mol. The number of hydrazone groups is 1. The number of hydrogen-bond donors (Lipinski definition) is 1. The predicted molar refractivity (Wildman–Crippen MR) is 147 cm³/mol. The number of benzene rings is 2. The van der Waals surface area contributed by atoms with Crippen LogP contribution in [0.3, 0.4) is 0 Å². The molecule has 204 valence electrons. The number of morpholine rings is 1. The quantitative estimate of drug-likeness (QED) is 0.518. The Hall–Kier alpha value is -3.43. The molecule has 1 N–H and O–H groups in total. The van der Waals surface area contributed by atoms with E-state index in [1.807, 2.05) is 50.2 Å². The lowest BCUT2D eigenvalue weighted by molar-refractivity contribution is -0.133. The second-order valence-electron chi connectivity index (χ2n) is 9.76. The van der Waals surface area contributed by atoms with Gasteiger partial charge in [0.15, 0.2) is 0 Å². The van der Waals surface area contributed by atoms with E-state index in [9.17, 15) is 9.59 Å². The Morgan fingerprint density at radius 3 is 2.63 bits per heavy atom. The molecule has 0 aliphatic carbocycles.